The molecule has 1 aromatic rings. The van der Waals surface area contributed by atoms with E-state index in [1.54, 1.807) is 27.4 Å². The molecule has 6 nitrogen and oxygen atoms in total. The summed E-state index contributed by atoms with van der Waals surface area (Å²) in [6.07, 6.45) is 2.02. The van der Waals surface area contributed by atoms with E-state index in [2.05, 4.69) is 0 Å². The lowest BCUT2D eigenvalue weighted by Crippen LogP contribution is -2.47. The highest BCUT2D eigenvalue weighted by Crippen LogP contribution is 2.28. The van der Waals surface area contributed by atoms with Crippen LogP contribution < -0.4 is 4.74 Å². The molecule has 0 radical (unpaired) electrons. The summed E-state index contributed by atoms with van der Waals surface area (Å²) in [6, 6.07) is 4.98. The Kier molecular flexibility index (Phi) is 5.03. The van der Waals surface area contributed by atoms with Gasteiger partial charge in [-0.25, -0.2) is 8.42 Å². The molecular weight excluding hydrogens is 352 g/mol. The number of hydrogen-bond acceptors (Lipinski definition) is 4. The maximum atomic E-state index is 12.7. The summed E-state index contributed by atoms with van der Waals surface area (Å²) in [6.45, 7) is 1.67. The number of ether oxygens (including phenoxy) is 1. The molecule has 0 aliphatic carbocycles. The molecule has 0 spiro atoms. The Morgan fingerprint density at radius 3 is 2.54 bits per heavy atom. The van der Waals surface area contributed by atoms with Crippen LogP contribution in [0.4, 0.5) is 0 Å². The number of rotatable bonds is 3. The van der Waals surface area contributed by atoms with Crippen LogP contribution in [0, 0.1) is 0 Å². The fraction of sp³-hybridized carbons (Fsp3) is 0.562. The minimum Gasteiger partial charge on any atom is -0.496 e. The van der Waals surface area contributed by atoms with Gasteiger partial charge in [0.1, 0.15) is 5.75 Å². The van der Waals surface area contributed by atoms with Gasteiger partial charge in [-0.2, -0.15) is 4.31 Å². The Balaban J connectivity index is 1.69. The lowest BCUT2D eigenvalue weighted by molar-refractivity contribution is 0.0678. The summed E-state index contributed by atoms with van der Waals surface area (Å²) in [5, 5.41) is 0.484. The van der Waals surface area contributed by atoms with Crippen molar-refractivity contribution in [2.45, 2.75) is 25.3 Å². The summed E-state index contributed by atoms with van der Waals surface area (Å²) >= 11 is 6.00. The van der Waals surface area contributed by atoms with Gasteiger partial charge in [0.15, 0.2) is 0 Å². The van der Waals surface area contributed by atoms with Crippen LogP contribution in [0.25, 0.3) is 0 Å². The third-order valence-electron chi connectivity index (χ3n) is 4.69. The third kappa shape index (κ3) is 3.38. The molecule has 0 saturated carbocycles. The molecule has 3 rings (SSSR count). The Hall–Kier alpha value is -1.31. The van der Waals surface area contributed by atoms with Gasteiger partial charge in [0, 0.05) is 30.7 Å². The van der Waals surface area contributed by atoms with Crippen molar-refractivity contribution in [3.05, 3.63) is 28.8 Å². The topological polar surface area (TPSA) is 66.9 Å². The van der Waals surface area contributed by atoms with E-state index in [9.17, 15) is 13.2 Å². The largest absolute Gasteiger partial charge is 0.496 e. The molecule has 0 aromatic heterocycles. The Morgan fingerprint density at radius 2 is 1.96 bits per heavy atom. The van der Waals surface area contributed by atoms with E-state index in [4.69, 9.17) is 16.3 Å². The van der Waals surface area contributed by atoms with Gasteiger partial charge in [-0.1, -0.05) is 11.6 Å². The highest BCUT2D eigenvalue weighted by molar-refractivity contribution is 7.89. The molecule has 132 valence electrons. The Morgan fingerprint density at radius 1 is 1.25 bits per heavy atom. The number of benzene rings is 1. The highest BCUT2D eigenvalue weighted by atomic mass is 35.5. The van der Waals surface area contributed by atoms with Crippen LogP contribution in [-0.2, 0) is 10.0 Å². The van der Waals surface area contributed by atoms with Gasteiger partial charge < -0.3 is 9.64 Å². The number of likely N-dealkylation sites (tertiary alicyclic amines) is 1. The van der Waals surface area contributed by atoms with Crippen LogP contribution in [-0.4, -0.2) is 62.1 Å². The number of hydrogen-bond donors (Lipinski definition) is 0. The Labute approximate surface area is 147 Å². The maximum absolute atomic E-state index is 12.7. The summed E-state index contributed by atoms with van der Waals surface area (Å²) in [4.78, 5) is 14.5. The molecule has 2 aliphatic rings. The first-order chi connectivity index (χ1) is 11.4. The normalized spacial score (nSPS) is 21.8. The fourth-order valence-corrected chi connectivity index (χ4v) is 5.42. The first-order valence-electron chi connectivity index (χ1n) is 8.05. The van der Waals surface area contributed by atoms with Crippen LogP contribution >= 0.6 is 11.6 Å². The number of carbonyl (C=O) groups is 1. The smallest absolute Gasteiger partial charge is 0.257 e. The summed E-state index contributed by atoms with van der Waals surface area (Å²) in [7, 11) is -1.58. The molecule has 0 N–H and O–H groups in total. The molecule has 1 amide bonds. The molecule has 2 saturated heterocycles. The second-order valence-electron chi connectivity index (χ2n) is 6.15. The molecule has 1 aromatic carbocycles. The van der Waals surface area contributed by atoms with Gasteiger partial charge in [0.05, 0.1) is 18.4 Å². The van der Waals surface area contributed by atoms with Crippen molar-refractivity contribution >= 4 is 27.5 Å². The number of nitrogens with zero attached hydrogens (tertiary/aromatic N) is 2. The SMILES string of the molecule is COc1ccc(Cl)cc1C(=O)N1CCC(N2CCCS2(=O)=O)CC1. The molecule has 0 bridgehead atoms. The number of carbonyl (C=O) groups excluding carboxylic acids is 1. The maximum Gasteiger partial charge on any atom is 0.257 e. The van der Waals surface area contributed by atoms with E-state index in [-0.39, 0.29) is 17.7 Å². The van der Waals surface area contributed by atoms with Crippen molar-refractivity contribution < 1.29 is 17.9 Å². The van der Waals surface area contributed by atoms with Crippen molar-refractivity contribution in [1.29, 1.82) is 0 Å². The molecule has 8 heteroatoms. The van der Waals surface area contributed by atoms with Crippen LogP contribution in [0.15, 0.2) is 18.2 Å². The number of amides is 1. The average molecular weight is 373 g/mol. The minimum atomic E-state index is -3.10. The van der Waals surface area contributed by atoms with Crippen molar-refractivity contribution in [2.24, 2.45) is 0 Å². The molecule has 2 fully saturated rings. The number of methoxy groups -OCH3 is 1. The van der Waals surface area contributed by atoms with Crippen molar-refractivity contribution in [3.63, 3.8) is 0 Å². The van der Waals surface area contributed by atoms with Crippen molar-refractivity contribution in [3.8, 4) is 5.75 Å². The predicted molar refractivity (Wildman–Crippen MR) is 92.0 cm³/mol. The average Bonchev–Trinajstić information content (AvgIpc) is 2.93. The standard InChI is InChI=1S/C16H21ClN2O4S/c1-23-15-4-3-12(17)11-14(15)16(20)18-8-5-13(6-9-18)19-7-2-10-24(19,21)22/h3-4,11,13H,2,5-10H2,1H3. The molecular formula is C16H21ClN2O4S. The fourth-order valence-electron chi connectivity index (χ4n) is 3.44. The van der Waals surface area contributed by atoms with Gasteiger partial charge in [0.25, 0.3) is 5.91 Å². The summed E-state index contributed by atoms with van der Waals surface area (Å²) in [5.74, 6) is 0.608. The van der Waals surface area contributed by atoms with E-state index in [1.165, 1.54) is 7.11 Å². The van der Waals surface area contributed by atoms with Gasteiger partial charge >= 0.3 is 0 Å². The van der Waals surface area contributed by atoms with E-state index in [1.807, 2.05) is 0 Å². The van der Waals surface area contributed by atoms with Crippen molar-refractivity contribution in [1.82, 2.24) is 9.21 Å². The third-order valence-corrected chi connectivity index (χ3v) is 6.92. The van der Waals surface area contributed by atoms with Crippen molar-refractivity contribution in [2.75, 3.05) is 32.5 Å². The molecule has 2 heterocycles. The van der Waals surface area contributed by atoms with Gasteiger partial charge in [0.2, 0.25) is 10.0 Å². The van der Waals surface area contributed by atoms with Gasteiger partial charge in [-0.15, -0.1) is 0 Å². The first kappa shape index (κ1) is 17.5. The number of piperidine rings is 1. The number of sulfonamides is 1. The van der Waals surface area contributed by atoms with E-state index >= 15 is 0 Å². The molecule has 24 heavy (non-hydrogen) atoms. The highest BCUT2D eigenvalue weighted by Gasteiger charge is 2.37. The van der Waals surface area contributed by atoms with Gasteiger partial charge in [-0.05, 0) is 37.5 Å². The number of halogens is 1. The monoisotopic (exact) mass is 372 g/mol. The van der Waals surface area contributed by atoms with Crippen LogP contribution in [0.3, 0.4) is 0 Å². The lowest BCUT2D eigenvalue weighted by atomic mass is 10.0. The minimum absolute atomic E-state index is 0.00260. The van der Waals surface area contributed by atoms with E-state index in [0.717, 1.165) is 0 Å². The van der Waals surface area contributed by atoms with Gasteiger partial charge in [-0.3, -0.25) is 4.79 Å². The second kappa shape index (κ2) is 6.90. The zero-order chi connectivity index (χ0) is 17.3. The lowest BCUT2D eigenvalue weighted by Gasteiger charge is -2.36. The van der Waals surface area contributed by atoms with E-state index in [0.29, 0.717) is 55.2 Å². The first-order valence-corrected chi connectivity index (χ1v) is 10.0. The Bertz CT molecular complexity index is 730. The second-order valence-corrected chi connectivity index (χ2v) is 8.63. The zero-order valence-electron chi connectivity index (χ0n) is 13.6. The molecule has 0 unspecified atom stereocenters. The van der Waals surface area contributed by atoms with Crippen LogP contribution in [0.5, 0.6) is 5.75 Å². The molecule has 2 aliphatic heterocycles. The predicted octanol–water partition coefficient (Wildman–Crippen LogP) is 1.99. The van der Waals surface area contributed by atoms with Crippen LogP contribution in [0.2, 0.25) is 5.02 Å². The van der Waals surface area contributed by atoms with E-state index < -0.39 is 10.0 Å². The summed E-state index contributed by atoms with van der Waals surface area (Å²) in [5.41, 5.74) is 0.442. The molecule has 0 atom stereocenters. The summed E-state index contributed by atoms with van der Waals surface area (Å²) < 4.78 is 30.9. The zero-order valence-corrected chi connectivity index (χ0v) is 15.1. The van der Waals surface area contributed by atoms with Crippen LogP contribution in [0.1, 0.15) is 29.6 Å². The quantitative estimate of drug-likeness (QED) is 0.813.